The molecule has 8 heteroatoms. The van der Waals surface area contributed by atoms with Gasteiger partial charge in [-0.15, -0.1) is 0 Å². The summed E-state index contributed by atoms with van der Waals surface area (Å²) < 4.78 is 6.06. The summed E-state index contributed by atoms with van der Waals surface area (Å²) in [6, 6.07) is 14.8. The Balaban J connectivity index is 1.50. The maximum absolute atomic E-state index is 12.7. The quantitative estimate of drug-likeness (QED) is 0.610. The lowest BCUT2D eigenvalue weighted by atomic mass is 10.1. The van der Waals surface area contributed by atoms with E-state index in [9.17, 15) is 9.59 Å². The molecule has 2 N–H and O–H groups in total. The number of rotatable bonds is 4. The van der Waals surface area contributed by atoms with Gasteiger partial charge in [-0.05, 0) is 45.8 Å². The van der Waals surface area contributed by atoms with Gasteiger partial charge in [-0.25, -0.2) is 9.78 Å². The molecule has 0 unspecified atom stereocenters. The Labute approximate surface area is 182 Å². The van der Waals surface area contributed by atoms with Gasteiger partial charge in [0.2, 0.25) is 0 Å². The summed E-state index contributed by atoms with van der Waals surface area (Å²) in [6.07, 6.45) is 1.04. The standard InChI is InChI=1S/C22H21BrN4O3/c1-30-15-6-4-5-14(11-15)12-20-24-18-9-10-27(13-16(18)21(28)26-20)22(29)25-19-8-3-2-7-17(19)23/h2-8,11H,9-10,12-13H2,1H3,(H,25,29)(H,24,26,28). The van der Waals surface area contributed by atoms with E-state index in [2.05, 4.69) is 31.2 Å². The van der Waals surface area contributed by atoms with E-state index in [1.807, 2.05) is 48.5 Å². The summed E-state index contributed by atoms with van der Waals surface area (Å²) in [7, 11) is 1.62. The number of hydrogen-bond donors (Lipinski definition) is 2. The van der Waals surface area contributed by atoms with E-state index < -0.39 is 0 Å². The number of amides is 2. The van der Waals surface area contributed by atoms with Gasteiger partial charge in [-0.1, -0.05) is 24.3 Å². The first-order valence-electron chi connectivity index (χ1n) is 9.58. The van der Waals surface area contributed by atoms with Gasteiger partial charge in [0.15, 0.2) is 0 Å². The van der Waals surface area contributed by atoms with Crippen molar-refractivity contribution >= 4 is 27.6 Å². The first kappa shape index (κ1) is 20.2. The van der Waals surface area contributed by atoms with Crippen molar-refractivity contribution in [3.8, 4) is 5.75 Å². The fourth-order valence-corrected chi connectivity index (χ4v) is 3.85. The topological polar surface area (TPSA) is 87.3 Å². The van der Waals surface area contributed by atoms with Crippen LogP contribution in [0.5, 0.6) is 5.75 Å². The highest BCUT2D eigenvalue weighted by Crippen LogP contribution is 2.23. The number of hydrogen-bond acceptors (Lipinski definition) is 4. The number of halogens is 1. The zero-order valence-electron chi connectivity index (χ0n) is 16.4. The van der Waals surface area contributed by atoms with Crippen LogP contribution >= 0.6 is 15.9 Å². The van der Waals surface area contributed by atoms with Crippen molar-refractivity contribution in [2.24, 2.45) is 0 Å². The molecule has 0 atom stereocenters. The molecule has 2 heterocycles. The second-order valence-electron chi connectivity index (χ2n) is 7.05. The number of aromatic amines is 1. The highest BCUT2D eigenvalue weighted by Gasteiger charge is 2.25. The van der Waals surface area contributed by atoms with E-state index >= 15 is 0 Å². The van der Waals surface area contributed by atoms with Crippen LogP contribution in [-0.2, 0) is 19.4 Å². The largest absolute Gasteiger partial charge is 0.497 e. The fourth-order valence-electron chi connectivity index (χ4n) is 3.47. The summed E-state index contributed by atoms with van der Waals surface area (Å²) in [5, 5.41) is 2.88. The maximum Gasteiger partial charge on any atom is 0.322 e. The number of urea groups is 1. The molecule has 0 saturated heterocycles. The minimum Gasteiger partial charge on any atom is -0.497 e. The van der Waals surface area contributed by atoms with Crippen LogP contribution in [0.4, 0.5) is 10.5 Å². The third kappa shape index (κ3) is 4.38. The molecule has 0 bridgehead atoms. The Hall–Kier alpha value is -3.13. The van der Waals surface area contributed by atoms with E-state index in [-0.39, 0.29) is 18.1 Å². The maximum atomic E-state index is 12.7. The Morgan fingerprint density at radius 1 is 1.27 bits per heavy atom. The lowest BCUT2D eigenvalue weighted by molar-refractivity contribution is 0.205. The monoisotopic (exact) mass is 468 g/mol. The minimum atomic E-state index is -0.243. The van der Waals surface area contributed by atoms with E-state index in [4.69, 9.17) is 4.74 Å². The first-order chi connectivity index (χ1) is 14.5. The van der Waals surface area contributed by atoms with E-state index in [0.29, 0.717) is 36.5 Å². The molecule has 0 radical (unpaired) electrons. The van der Waals surface area contributed by atoms with Gasteiger partial charge in [-0.3, -0.25) is 4.79 Å². The van der Waals surface area contributed by atoms with Crippen molar-refractivity contribution in [1.82, 2.24) is 14.9 Å². The number of fused-ring (bicyclic) bond motifs is 1. The number of benzene rings is 2. The molecule has 0 saturated carbocycles. The number of H-pyrrole nitrogens is 1. The van der Waals surface area contributed by atoms with Crippen molar-refractivity contribution in [1.29, 1.82) is 0 Å². The Kier molecular flexibility index (Phi) is 5.85. The van der Waals surface area contributed by atoms with Crippen LogP contribution in [-0.4, -0.2) is 34.6 Å². The van der Waals surface area contributed by atoms with Gasteiger partial charge in [0, 0.05) is 23.9 Å². The molecule has 1 aliphatic heterocycles. The third-order valence-electron chi connectivity index (χ3n) is 5.03. The first-order valence-corrected chi connectivity index (χ1v) is 10.4. The fraction of sp³-hybridized carbons (Fsp3) is 0.227. The molecule has 0 aliphatic carbocycles. The molecule has 2 aromatic carbocycles. The summed E-state index contributed by atoms with van der Waals surface area (Å²) in [5.74, 6) is 1.37. The lowest BCUT2D eigenvalue weighted by Crippen LogP contribution is -2.42. The van der Waals surface area contributed by atoms with E-state index in [0.717, 1.165) is 21.5 Å². The zero-order valence-corrected chi connectivity index (χ0v) is 18.0. The van der Waals surface area contributed by atoms with Crippen LogP contribution in [0.15, 0.2) is 57.8 Å². The number of nitrogens with zero attached hydrogens (tertiary/aromatic N) is 2. The van der Waals surface area contributed by atoms with Gasteiger partial charge < -0.3 is 19.9 Å². The molecule has 0 fully saturated rings. The second-order valence-corrected chi connectivity index (χ2v) is 7.90. The molecule has 154 valence electrons. The molecule has 7 nitrogen and oxygen atoms in total. The van der Waals surface area contributed by atoms with Gasteiger partial charge in [0.05, 0.1) is 30.6 Å². The van der Waals surface area contributed by atoms with Crippen molar-refractivity contribution in [3.63, 3.8) is 0 Å². The van der Waals surface area contributed by atoms with Gasteiger partial charge in [-0.2, -0.15) is 0 Å². The Morgan fingerprint density at radius 2 is 2.10 bits per heavy atom. The number of ether oxygens (including phenoxy) is 1. The molecule has 30 heavy (non-hydrogen) atoms. The van der Waals surface area contributed by atoms with E-state index in [1.54, 1.807) is 12.0 Å². The molecule has 0 spiro atoms. The molecule has 4 rings (SSSR count). The smallest absolute Gasteiger partial charge is 0.322 e. The SMILES string of the molecule is COc1cccc(Cc2nc3c(c(=O)[nH]2)CN(C(=O)Nc2ccccc2Br)CC3)c1. The van der Waals surface area contributed by atoms with Crippen LogP contribution in [0.25, 0.3) is 0 Å². The number of aromatic nitrogens is 2. The molecular weight excluding hydrogens is 448 g/mol. The Bertz CT molecular complexity index is 1150. The lowest BCUT2D eigenvalue weighted by Gasteiger charge is -2.28. The van der Waals surface area contributed by atoms with Crippen LogP contribution in [0, 0.1) is 0 Å². The number of nitrogens with one attached hydrogen (secondary N) is 2. The second kappa shape index (κ2) is 8.71. The number of carbonyl (C=O) groups excluding carboxylic acids is 1. The van der Waals surface area contributed by atoms with Crippen molar-refractivity contribution in [2.75, 3.05) is 19.0 Å². The van der Waals surface area contributed by atoms with Gasteiger partial charge in [0.1, 0.15) is 11.6 Å². The van der Waals surface area contributed by atoms with Crippen molar-refractivity contribution in [2.45, 2.75) is 19.4 Å². The Morgan fingerprint density at radius 3 is 2.90 bits per heavy atom. The summed E-state index contributed by atoms with van der Waals surface area (Å²) in [6.45, 7) is 0.728. The van der Waals surface area contributed by atoms with Gasteiger partial charge >= 0.3 is 6.03 Å². The number of anilines is 1. The average Bonchev–Trinajstić information content (AvgIpc) is 2.75. The molecular formula is C22H21BrN4O3. The summed E-state index contributed by atoms with van der Waals surface area (Å²) in [5.41, 5.74) is 2.78. The highest BCUT2D eigenvalue weighted by molar-refractivity contribution is 9.10. The number of carbonyl (C=O) groups is 1. The molecule has 2 amide bonds. The van der Waals surface area contributed by atoms with Crippen LogP contribution < -0.4 is 15.6 Å². The van der Waals surface area contributed by atoms with E-state index in [1.165, 1.54) is 0 Å². The van der Waals surface area contributed by atoms with Crippen molar-refractivity contribution in [3.05, 3.63) is 86.0 Å². The summed E-state index contributed by atoms with van der Waals surface area (Å²) in [4.78, 5) is 34.5. The normalized spacial score (nSPS) is 12.9. The molecule has 3 aromatic rings. The minimum absolute atomic E-state index is 0.198. The van der Waals surface area contributed by atoms with Gasteiger partial charge in [0.25, 0.3) is 5.56 Å². The molecule has 1 aliphatic rings. The van der Waals surface area contributed by atoms with Crippen LogP contribution in [0.1, 0.15) is 22.6 Å². The number of para-hydroxylation sites is 1. The average molecular weight is 469 g/mol. The molecule has 1 aromatic heterocycles. The predicted molar refractivity (Wildman–Crippen MR) is 118 cm³/mol. The highest BCUT2D eigenvalue weighted by atomic mass is 79.9. The van der Waals surface area contributed by atoms with Crippen LogP contribution in [0.3, 0.4) is 0 Å². The number of methoxy groups -OCH3 is 1. The van der Waals surface area contributed by atoms with Crippen LogP contribution in [0.2, 0.25) is 0 Å². The zero-order chi connectivity index (χ0) is 21.1. The van der Waals surface area contributed by atoms with Crippen molar-refractivity contribution < 1.29 is 9.53 Å². The third-order valence-corrected chi connectivity index (χ3v) is 5.72. The predicted octanol–water partition coefficient (Wildman–Crippen LogP) is 3.72. The summed E-state index contributed by atoms with van der Waals surface area (Å²) >= 11 is 3.42.